The van der Waals surface area contributed by atoms with E-state index in [1.54, 1.807) is 6.20 Å². The molecule has 0 aromatic carbocycles. The molecule has 3 heterocycles. The second-order valence-electron chi connectivity index (χ2n) is 4.08. The van der Waals surface area contributed by atoms with E-state index < -0.39 is 0 Å². The fourth-order valence-electron chi connectivity index (χ4n) is 1.91. The quantitative estimate of drug-likeness (QED) is 0.681. The zero-order chi connectivity index (χ0) is 12.5. The van der Waals surface area contributed by atoms with Gasteiger partial charge in [0.15, 0.2) is 11.4 Å². The summed E-state index contributed by atoms with van der Waals surface area (Å²) in [6.07, 6.45) is 3.44. The number of halogens is 1. The fraction of sp³-hybridized carbons (Fsp3) is 0.250. The minimum atomic E-state index is 0.337. The van der Waals surface area contributed by atoms with Gasteiger partial charge in [-0.05, 0) is 18.6 Å². The number of pyridine rings is 1. The van der Waals surface area contributed by atoms with E-state index in [1.807, 2.05) is 29.8 Å². The minimum absolute atomic E-state index is 0.337. The summed E-state index contributed by atoms with van der Waals surface area (Å²) in [6.45, 7) is 2.52. The highest BCUT2D eigenvalue weighted by molar-refractivity contribution is 6.16. The standard InChI is InChI=1S/C12H11ClN4O/c1-8-4-10-12(14-6-8)17(11(5-13)16-10)7-9-2-3-15-18-9/h2-4,6H,5,7H2,1H3. The van der Waals surface area contributed by atoms with Crippen molar-refractivity contribution in [3.05, 3.63) is 41.7 Å². The van der Waals surface area contributed by atoms with Crippen molar-refractivity contribution in [3.63, 3.8) is 0 Å². The number of hydrogen-bond acceptors (Lipinski definition) is 4. The first kappa shape index (κ1) is 11.2. The Morgan fingerprint density at radius 1 is 1.44 bits per heavy atom. The highest BCUT2D eigenvalue weighted by atomic mass is 35.5. The van der Waals surface area contributed by atoms with Gasteiger partial charge in [0.1, 0.15) is 11.3 Å². The van der Waals surface area contributed by atoms with Crippen molar-refractivity contribution in [3.8, 4) is 0 Å². The molecule has 0 bridgehead atoms. The van der Waals surface area contributed by atoms with Gasteiger partial charge in [-0.2, -0.15) is 0 Å². The van der Waals surface area contributed by atoms with Crippen molar-refractivity contribution >= 4 is 22.8 Å². The zero-order valence-electron chi connectivity index (χ0n) is 9.80. The summed E-state index contributed by atoms with van der Waals surface area (Å²) in [4.78, 5) is 8.89. The molecule has 5 nitrogen and oxygen atoms in total. The van der Waals surface area contributed by atoms with Crippen molar-refractivity contribution in [2.75, 3.05) is 0 Å². The van der Waals surface area contributed by atoms with Crippen LogP contribution >= 0.6 is 11.6 Å². The third-order valence-corrected chi connectivity index (χ3v) is 2.96. The summed E-state index contributed by atoms with van der Waals surface area (Å²) < 4.78 is 7.06. The molecule has 0 aliphatic carbocycles. The summed E-state index contributed by atoms with van der Waals surface area (Å²) >= 11 is 5.93. The van der Waals surface area contributed by atoms with Gasteiger partial charge in [0, 0.05) is 12.3 Å². The summed E-state index contributed by atoms with van der Waals surface area (Å²) in [6, 6.07) is 3.81. The van der Waals surface area contributed by atoms with Gasteiger partial charge in [0.05, 0.1) is 18.6 Å². The van der Waals surface area contributed by atoms with Crippen LogP contribution in [-0.4, -0.2) is 19.7 Å². The lowest BCUT2D eigenvalue weighted by Crippen LogP contribution is -2.04. The molecule has 0 aliphatic heterocycles. The van der Waals surface area contributed by atoms with Crippen LogP contribution in [0.2, 0.25) is 0 Å². The summed E-state index contributed by atoms with van der Waals surface area (Å²) in [5, 5.41) is 3.69. The predicted molar refractivity (Wildman–Crippen MR) is 67.4 cm³/mol. The van der Waals surface area contributed by atoms with E-state index in [2.05, 4.69) is 15.1 Å². The molecule has 0 radical (unpaired) electrons. The van der Waals surface area contributed by atoms with E-state index in [4.69, 9.17) is 16.1 Å². The fourth-order valence-corrected chi connectivity index (χ4v) is 2.11. The lowest BCUT2D eigenvalue weighted by atomic mass is 10.3. The van der Waals surface area contributed by atoms with Crippen molar-refractivity contribution in [1.82, 2.24) is 19.7 Å². The second-order valence-corrected chi connectivity index (χ2v) is 4.35. The maximum atomic E-state index is 5.93. The summed E-state index contributed by atoms with van der Waals surface area (Å²) in [5.41, 5.74) is 2.74. The van der Waals surface area contributed by atoms with Gasteiger partial charge in [-0.15, -0.1) is 11.6 Å². The molecule has 0 spiro atoms. The molecular weight excluding hydrogens is 252 g/mol. The molecule has 0 atom stereocenters. The van der Waals surface area contributed by atoms with Crippen LogP contribution in [0.15, 0.2) is 29.0 Å². The molecule has 0 saturated carbocycles. The van der Waals surface area contributed by atoms with E-state index >= 15 is 0 Å². The van der Waals surface area contributed by atoms with Crippen LogP contribution in [0, 0.1) is 6.92 Å². The molecule has 0 aliphatic rings. The van der Waals surface area contributed by atoms with Crippen LogP contribution in [0.5, 0.6) is 0 Å². The van der Waals surface area contributed by atoms with Gasteiger partial charge < -0.3 is 9.09 Å². The average Bonchev–Trinajstić information content (AvgIpc) is 2.97. The Hall–Kier alpha value is -1.88. The molecule has 3 aromatic rings. The SMILES string of the molecule is Cc1cnc2c(c1)nc(CCl)n2Cc1ccno1. The Labute approximate surface area is 108 Å². The third-order valence-electron chi connectivity index (χ3n) is 2.73. The first-order valence-electron chi connectivity index (χ1n) is 5.55. The predicted octanol–water partition coefficient (Wildman–Crippen LogP) is 2.51. The number of alkyl halides is 1. The van der Waals surface area contributed by atoms with E-state index in [1.165, 1.54) is 0 Å². The summed E-state index contributed by atoms with van der Waals surface area (Å²) in [5.74, 6) is 1.87. The van der Waals surface area contributed by atoms with Crippen LogP contribution in [-0.2, 0) is 12.4 Å². The average molecular weight is 263 g/mol. The monoisotopic (exact) mass is 262 g/mol. The molecule has 6 heteroatoms. The molecule has 0 unspecified atom stereocenters. The van der Waals surface area contributed by atoms with Gasteiger partial charge in [-0.3, -0.25) is 0 Å². The van der Waals surface area contributed by atoms with Gasteiger partial charge in [-0.1, -0.05) is 5.16 Å². The number of aromatic nitrogens is 4. The van der Waals surface area contributed by atoms with Crippen molar-refractivity contribution in [2.45, 2.75) is 19.3 Å². The van der Waals surface area contributed by atoms with Gasteiger partial charge in [0.25, 0.3) is 0 Å². The number of fused-ring (bicyclic) bond motifs is 1. The Bertz CT molecular complexity index is 675. The first-order valence-corrected chi connectivity index (χ1v) is 6.08. The largest absolute Gasteiger partial charge is 0.359 e. The minimum Gasteiger partial charge on any atom is -0.359 e. The number of rotatable bonds is 3. The lowest BCUT2D eigenvalue weighted by Gasteiger charge is -2.03. The Balaban J connectivity index is 2.13. The Kier molecular flexibility index (Phi) is 2.76. The maximum absolute atomic E-state index is 5.93. The van der Waals surface area contributed by atoms with Crippen LogP contribution in [0.4, 0.5) is 0 Å². The van der Waals surface area contributed by atoms with E-state index in [-0.39, 0.29) is 0 Å². The van der Waals surface area contributed by atoms with E-state index in [0.29, 0.717) is 12.4 Å². The lowest BCUT2D eigenvalue weighted by molar-refractivity contribution is 0.376. The highest BCUT2D eigenvalue weighted by Crippen LogP contribution is 2.18. The number of hydrogen-bond donors (Lipinski definition) is 0. The second kappa shape index (κ2) is 4.42. The smallest absolute Gasteiger partial charge is 0.160 e. The molecule has 0 N–H and O–H groups in total. The third kappa shape index (κ3) is 1.86. The molecule has 92 valence electrons. The molecule has 3 aromatic heterocycles. The summed E-state index contributed by atoms with van der Waals surface area (Å²) in [7, 11) is 0. The van der Waals surface area contributed by atoms with Crippen molar-refractivity contribution < 1.29 is 4.52 Å². The van der Waals surface area contributed by atoms with Gasteiger partial charge in [-0.25, -0.2) is 9.97 Å². The van der Waals surface area contributed by atoms with E-state index in [9.17, 15) is 0 Å². The van der Waals surface area contributed by atoms with Crippen LogP contribution in [0.25, 0.3) is 11.2 Å². The Morgan fingerprint density at radius 3 is 3.06 bits per heavy atom. The highest BCUT2D eigenvalue weighted by Gasteiger charge is 2.12. The van der Waals surface area contributed by atoms with Crippen LogP contribution in [0.1, 0.15) is 17.1 Å². The number of imidazole rings is 1. The normalized spacial score (nSPS) is 11.2. The number of nitrogens with zero attached hydrogens (tertiary/aromatic N) is 4. The van der Waals surface area contributed by atoms with Gasteiger partial charge >= 0.3 is 0 Å². The van der Waals surface area contributed by atoms with Crippen LogP contribution < -0.4 is 0 Å². The number of aryl methyl sites for hydroxylation is 1. The van der Waals surface area contributed by atoms with Crippen molar-refractivity contribution in [2.24, 2.45) is 0 Å². The topological polar surface area (TPSA) is 56.7 Å². The van der Waals surface area contributed by atoms with E-state index in [0.717, 1.165) is 28.3 Å². The molecule has 3 rings (SSSR count). The molecule has 0 fully saturated rings. The zero-order valence-corrected chi connectivity index (χ0v) is 10.6. The molecule has 0 amide bonds. The van der Waals surface area contributed by atoms with Crippen LogP contribution in [0.3, 0.4) is 0 Å². The van der Waals surface area contributed by atoms with Crippen molar-refractivity contribution in [1.29, 1.82) is 0 Å². The first-order chi connectivity index (χ1) is 8.78. The van der Waals surface area contributed by atoms with Gasteiger partial charge in [0.2, 0.25) is 0 Å². The molecule has 0 saturated heterocycles. The molecular formula is C12H11ClN4O. The molecule has 18 heavy (non-hydrogen) atoms. The maximum Gasteiger partial charge on any atom is 0.160 e. The Morgan fingerprint density at radius 2 is 2.33 bits per heavy atom.